The van der Waals surface area contributed by atoms with E-state index in [1.165, 1.54) is 6.07 Å². The van der Waals surface area contributed by atoms with Crippen LogP contribution in [0.4, 0.5) is 0 Å². The topological polar surface area (TPSA) is 46.5 Å². The van der Waals surface area contributed by atoms with Crippen LogP contribution < -0.4 is 4.74 Å². The number of carbonyl (C=O) groups is 1. The van der Waals surface area contributed by atoms with Crippen LogP contribution >= 0.6 is 27.7 Å². The van der Waals surface area contributed by atoms with Crippen LogP contribution in [0.25, 0.3) is 0 Å². The second kappa shape index (κ2) is 6.48. The van der Waals surface area contributed by atoms with Crippen molar-refractivity contribution in [1.82, 2.24) is 0 Å². The molecule has 3 nitrogen and oxygen atoms in total. The Morgan fingerprint density at radius 2 is 2.11 bits per heavy atom. The van der Waals surface area contributed by atoms with Crippen LogP contribution in [0.5, 0.6) is 5.75 Å². The highest BCUT2D eigenvalue weighted by Gasteiger charge is 2.11. The summed E-state index contributed by atoms with van der Waals surface area (Å²) >= 11 is 5.16. The maximum atomic E-state index is 10.9. The van der Waals surface area contributed by atoms with Crippen molar-refractivity contribution in [3.8, 4) is 5.75 Å². The largest absolute Gasteiger partial charge is 0.492 e. The molecule has 100 valence electrons. The first kappa shape index (κ1) is 15.4. The Hall–Kier alpha value is -0.680. The Bertz CT molecular complexity index is 427. The van der Waals surface area contributed by atoms with Crippen molar-refractivity contribution in [2.75, 3.05) is 12.4 Å². The number of ether oxygens (including phenoxy) is 1. The fourth-order valence-electron chi connectivity index (χ4n) is 1.25. The molecule has 0 aliphatic rings. The van der Waals surface area contributed by atoms with Gasteiger partial charge in [0, 0.05) is 10.5 Å². The van der Waals surface area contributed by atoms with Crippen molar-refractivity contribution < 1.29 is 14.6 Å². The predicted molar refractivity (Wildman–Crippen MR) is 78.8 cm³/mol. The molecule has 0 radical (unpaired) electrons. The monoisotopic (exact) mass is 332 g/mol. The maximum Gasteiger partial charge on any atom is 0.335 e. The van der Waals surface area contributed by atoms with Gasteiger partial charge in [0.25, 0.3) is 0 Å². The van der Waals surface area contributed by atoms with Gasteiger partial charge in [0.1, 0.15) is 5.75 Å². The zero-order valence-electron chi connectivity index (χ0n) is 10.7. The SMILES string of the molecule is CC(C)(C)SCCOc1cc(C(=O)O)ccc1Br. The summed E-state index contributed by atoms with van der Waals surface area (Å²) in [6.45, 7) is 7.01. The molecular formula is C13H17BrO3S. The smallest absolute Gasteiger partial charge is 0.335 e. The van der Waals surface area contributed by atoms with E-state index < -0.39 is 5.97 Å². The molecule has 0 unspecified atom stereocenters. The molecular weight excluding hydrogens is 316 g/mol. The van der Waals surface area contributed by atoms with Crippen LogP contribution in [0, 0.1) is 0 Å². The third-order valence-corrected chi connectivity index (χ3v) is 3.95. The van der Waals surface area contributed by atoms with Gasteiger partial charge in [0.2, 0.25) is 0 Å². The van der Waals surface area contributed by atoms with E-state index in [1.54, 1.807) is 12.1 Å². The summed E-state index contributed by atoms with van der Waals surface area (Å²) in [5, 5.41) is 8.90. The molecule has 1 aromatic carbocycles. The summed E-state index contributed by atoms with van der Waals surface area (Å²) in [7, 11) is 0. The highest BCUT2D eigenvalue weighted by molar-refractivity contribution is 9.10. The van der Waals surface area contributed by atoms with Gasteiger partial charge in [-0.05, 0) is 34.1 Å². The molecule has 0 atom stereocenters. The van der Waals surface area contributed by atoms with Crippen LogP contribution in [0.1, 0.15) is 31.1 Å². The number of hydrogen-bond donors (Lipinski definition) is 1. The molecule has 0 aliphatic carbocycles. The van der Waals surface area contributed by atoms with Crippen LogP contribution in [0.15, 0.2) is 22.7 Å². The Labute approximate surface area is 120 Å². The van der Waals surface area contributed by atoms with Crippen LogP contribution in [-0.2, 0) is 0 Å². The summed E-state index contributed by atoms with van der Waals surface area (Å²) in [6, 6.07) is 4.77. The fourth-order valence-corrected chi connectivity index (χ4v) is 2.39. The summed E-state index contributed by atoms with van der Waals surface area (Å²) in [5.74, 6) is 0.494. The zero-order valence-corrected chi connectivity index (χ0v) is 13.1. The van der Waals surface area contributed by atoms with E-state index in [0.29, 0.717) is 12.4 Å². The van der Waals surface area contributed by atoms with Crippen molar-refractivity contribution in [3.63, 3.8) is 0 Å². The minimum Gasteiger partial charge on any atom is -0.492 e. The van der Waals surface area contributed by atoms with Crippen molar-refractivity contribution in [2.24, 2.45) is 0 Å². The van der Waals surface area contributed by atoms with Gasteiger partial charge in [-0.2, -0.15) is 11.8 Å². The molecule has 0 aliphatic heterocycles. The molecule has 1 aromatic rings. The molecule has 0 spiro atoms. The Morgan fingerprint density at radius 3 is 2.67 bits per heavy atom. The van der Waals surface area contributed by atoms with Crippen molar-refractivity contribution in [2.45, 2.75) is 25.5 Å². The number of hydrogen-bond acceptors (Lipinski definition) is 3. The van der Waals surface area contributed by atoms with Gasteiger partial charge in [-0.15, -0.1) is 0 Å². The second-order valence-corrected chi connectivity index (χ2v) is 7.54. The number of rotatable bonds is 5. The first-order chi connectivity index (χ1) is 8.29. The summed E-state index contributed by atoms with van der Waals surface area (Å²) in [6.07, 6.45) is 0. The maximum absolute atomic E-state index is 10.9. The van der Waals surface area contributed by atoms with E-state index in [1.807, 2.05) is 11.8 Å². The fraction of sp³-hybridized carbons (Fsp3) is 0.462. The molecule has 0 saturated heterocycles. The van der Waals surface area contributed by atoms with Crippen LogP contribution in [-0.4, -0.2) is 28.2 Å². The molecule has 0 bridgehead atoms. The van der Waals surface area contributed by atoms with Gasteiger partial charge in [-0.25, -0.2) is 4.79 Å². The Morgan fingerprint density at radius 1 is 1.44 bits per heavy atom. The number of aromatic carboxylic acids is 1. The third kappa shape index (κ3) is 5.31. The molecule has 0 heterocycles. The molecule has 5 heteroatoms. The molecule has 18 heavy (non-hydrogen) atoms. The van der Waals surface area contributed by atoms with Crippen molar-refractivity contribution >= 4 is 33.7 Å². The lowest BCUT2D eigenvalue weighted by molar-refractivity contribution is 0.0696. The first-order valence-corrected chi connectivity index (χ1v) is 7.37. The number of benzene rings is 1. The lowest BCUT2D eigenvalue weighted by atomic mass is 10.2. The molecule has 0 aromatic heterocycles. The summed E-state index contributed by atoms with van der Waals surface area (Å²) < 4.78 is 6.58. The van der Waals surface area contributed by atoms with E-state index in [4.69, 9.17) is 9.84 Å². The lowest BCUT2D eigenvalue weighted by Gasteiger charge is -2.17. The van der Waals surface area contributed by atoms with Gasteiger partial charge in [0.05, 0.1) is 16.6 Å². The minimum atomic E-state index is -0.948. The summed E-state index contributed by atoms with van der Waals surface area (Å²) in [4.78, 5) is 10.9. The number of carboxylic acids is 1. The van der Waals surface area contributed by atoms with E-state index in [0.717, 1.165) is 10.2 Å². The molecule has 0 fully saturated rings. The molecule has 0 saturated carbocycles. The molecule has 1 rings (SSSR count). The lowest BCUT2D eigenvalue weighted by Crippen LogP contribution is -2.12. The highest BCUT2D eigenvalue weighted by Crippen LogP contribution is 2.27. The highest BCUT2D eigenvalue weighted by atomic mass is 79.9. The van der Waals surface area contributed by atoms with Gasteiger partial charge in [-0.1, -0.05) is 20.8 Å². The van der Waals surface area contributed by atoms with E-state index in [-0.39, 0.29) is 10.3 Å². The number of thioether (sulfide) groups is 1. The third-order valence-electron chi connectivity index (χ3n) is 2.05. The average Bonchev–Trinajstić information content (AvgIpc) is 2.24. The first-order valence-electron chi connectivity index (χ1n) is 5.59. The number of halogens is 1. The van der Waals surface area contributed by atoms with Gasteiger partial charge in [-0.3, -0.25) is 0 Å². The quantitative estimate of drug-likeness (QED) is 0.826. The minimum absolute atomic E-state index is 0.212. The van der Waals surface area contributed by atoms with E-state index >= 15 is 0 Å². The normalized spacial score (nSPS) is 11.3. The van der Waals surface area contributed by atoms with E-state index in [9.17, 15) is 4.79 Å². The van der Waals surface area contributed by atoms with Gasteiger partial charge < -0.3 is 9.84 Å². The van der Waals surface area contributed by atoms with E-state index in [2.05, 4.69) is 36.7 Å². The zero-order chi connectivity index (χ0) is 13.8. The molecule has 0 amide bonds. The Kier molecular flexibility index (Phi) is 5.53. The van der Waals surface area contributed by atoms with Gasteiger partial charge in [0.15, 0.2) is 0 Å². The van der Waals surface area contributed by atoms with Gasteiger partial charge >= 0.3 is 5.97 Å². The average molecular weight is 333 g/mol. The molecule has 1 N–H and O–H groups in total. The number of carboxylic acid groups (broad SMARTS) is 1. The predicted octanol–water partition coefficient (Wildman–Crippen LogP) is 4.06. The Balaban J connectivity index is 2.56. The van der Waals surface area contributed by atoms with Crippen molar-refractivity contribution in [3.05, 3.63) is 28.2 Å². The second-order valence-electron chi connectivity index (χ2n) is 4.76. The van der Waals surface area contributed by atoms with Crippen LogP contribution in [0.3, 0.4) is 0 Å². The summed E-state index contributed by atoms with van der Waals surface area (Å²) in [5.41, 5.74) is 0.233. The van der Waals surface area contributed by atoms with Crippen LogP contribution in [0.2, 0.25) is 0 Å². The van der Waals surface area contributed by atoms with Crippen molar-refractivity contribution in [1.29, 1.82) is 0 Å². The standard InChI is InChI=1S/C13H17BrO3S/c1-13(2,3)18-7-6-17-11-8-9(12(15)16)4-5-10(11)14/h4-5,8H,6-7H2,1-3H3,(H,15,16).